The van der Waals surface area contributed by atoms with Crippen LogP contribution in [0.5, 0.6) is 0 Å². The Morgan fingerprint density at radius 3 is 2.35 bits per heavy atom. The van der Waals surface area contributed by atoms with Gasteiger partial charge in [0.2, 0.25) is 11.8 Å². The number of carbonyl (C=O) groups excluding carboxylic acids is 3. The zero-order chi connectivity index (χ0) is 19.1. The molecule has 1 aromatic rings. The molecule has 0 bridgehead atoms. The molecule has 142 valence electrons. The molecule has 0 N–H and O–H groups in total. The molecule has 7 heteroatoms. The molecule has 0 radical (unpaired) electrons. The molecule has 1 saturated heterocycles. The number of nitrogens with zero attached hydrogens (tertiary/aromatic N) is 3. The SMILES string of the molecule is CCN1CCN(C(=O)CCN(C(C)=O)c2ccccc2C(=O)OC)CC1. The Labute approximate surface area is 154 Å². The van der Waals surface area contributed by atoms with Crippen LogP contribution in [0.2, 0.25) is 0 Å². The maximum Gasteiger partial charge on any atom is 0.339 e. The third-order valence-corrected chi connectivity index (χ3v) is 4.70. The van der Waals surface area contributed by atoms with E-state index in [1.165, 1.54) is 18.9 Å². The first-order chi connectivity index (χ1) is 12.5. The number of carbonyl (C=O) groups is 3. The summed E-state index contributed by atoms with van der Waals surface area (Å²) in [5.74, 6) is -0.693. The van der Waals surface area contributed by atoms with Crippen LogP contribution in [0.3, 0.4) is 0 Å². The van der Waals surface area contributed by atoms with Crippen LogP contribution in [0, 0.1) is 0 Å². The second kappa shape index (κ2) is 9.33. The number of methoxy groups -OCH3 is 1. The van der Waals surface area contributed by atoms with Crippen molar-refractivity contribution in [2.45, 2.75) is 20.3 Å². The van der Waals surface area contributed by atoms with E-state index in [9.17, 15) is 14.4 Å². The number of amides is 2. The lowest BCUT2D eigenvalue weighted by molar-refractivity contribution is -0.132. The fourth-order valence-electron chi connectivity index (χ4n) is 3.12. The topological polar surface area (TPSA) is 70.2 Å². The highest BCUT2D eigenvalue weighted by atomic mass is 16.5. The minimum absolute atomic E-state index is 0.0301. The van der Waals surface area contributed by atoms with Gasteiger partial charge in [-0.3, -0.25) is 9.59 Å². The van der Waals surface area contributed by atoms with Crippen molar-refractivity contribution >= 4 is 23.5 Å². The summed E-state index contributed by atoms with van der Waals surface area (Å²) < 4.78 is 4.79. The normalized spacial score (nSPS) is 14.8. The number of ether oxygens (including phenoxy) is 1. The average molecular weight is 361 g/mol. The molecule has 1 heterocycles. The molecular formula is C19H27N3O4. The number of para-hydroxylation sites is 1. The van der Waals surface area contributed by atoms with Crippen LogP contribution in [0.4, 0.5) is 5.69 Å². The van der Waals surface area contributed by atoms with Gasteiger partial charge in [0.25, 0.3) is 0 Å². The van der Waals surface area contributed by atoms with E-state index in [4.69, 9.17) is 4.74 Å². The van der Waals surface area contributed by atoms with Crippen molar-refractivity contribution in [3.63, 3.8) is 0 Å². The maximum absolute atomic E-state index is 12.5. The summed E-state index contributed by atoms with van der Waals surface area (Å²) in [6.07, 6.45) is 0.223. The number of likely N-dealkylation sites (N-methyl/N-ethyl adjacent to an activating group) is 1. The number of hydrogen-bond acceptors (Lipinski definition) is 5. The van der Waals surface area contributed by atoms with Crippen molar-refractivity contribution in [2.24, 2.45) is 0 Å². The number of esters is 1. The van der Waals surface area contributed by atoms with E-state index in [-0.39, 0.29) is 24.8 Å². The molecule has 1 aromatic carbocycles. The standard InChI is InChI=1S/C19H27N3O4/c1-4-20-11-13-21(14-12-20)18(24)9-10-22(15(2)23)17-8-6-5-7-16(17)19(25)26-3/h5-8H,4,9-14H2,1-3H3. The van der Waals surface area contributed by atoms with Crippen LogP contribution < -0.4 is 4.90 Å². The third kappa shape index (κ3) is 4.82. The zero-order valence-electron chi connectivity index (χ0n) is 15.7. The van der Waals surface area contributed by atoms with Crippen LogP contribution in [0.25, 0.3) is 0 Å². The van der Waals surface area contributed by atoms with Gasteiger partial charge in [-0.25, -0.2) is 4.79 Å². The highest BCUT2D eigenvalue weighted by molar-refractivity contribution is 6.02. The van der Waals surface area contributed by atoms with Crippen LogP contribution >= 0.6 is 0 Å². The number of benzene rings is 1. The van der Waals surface area contributed by atoms with E-state index < -0.39 is 5.97 Å². The van der Waals surface area contributed by atoms with Gasteiger partial charge >= 0.3 is 5.97 Å². The number of hydrogen-bond donors (Lipinski definition) is 0. The molecule has 1 aliphatic heterocycles. The highest BCUT2D eigenvalue weighted by Crippen LogP contribution is 2.22. The van der Waals surface area contributed by atoms with Crippen LogP contribution in [0.15, 0.2) is 24.3 Å². The molecule has 0 aliphatic carbocycles. The van der Waals surface area contributed by atoms with Crippen molar-refractivity contribution in [3.8, 4) is 0 Å². The second-order valence-corrected chi connectivity index (χ2v) is 6.24. The minimum Gasteiger partial charge on any atom is -0.465 e. The fraction of sp³-hybridized carbons (Fsp3) is 0.526. The molecule has 0 saturated carbocycles. The quantitative estimate of drug-likeness (QED) is 0.716. The average Bonchev–Trinajstić information content (AvgIpc) is 2.67. The maximum atomic E-state index is 12.5. The largest absolute Gasteiger partial charge is 0.465 e. The summed E-state index contributed by atoms with van der Waals surface area (Å²) in [5.41, 5.74) is 0.782. The second-order valence-electron chi connectivity index (χ2n) is 6.24. The van der Waals surface area contributed by atoms with Crippen molar-refractivity contribution < 1.29 is 19.1 Å². The molecule has 1 fully saturated rings. The molecular weight excluding hydrogens is 334 g/mol. The zero-order valence-corrected chi connectivity index (χ0v) is 15.7. The first-order valence-corrected chi connectivity index (χ1v) is 8.93. The van der Waals surface area contributed by atoms with Crippen LogP contribution in [0.1, 0.15) is 30.6 Å². The Bertz CT molecular complexity index is 654. The third-order valence-electron chi connectivity index (χ3n) is 4.70. The number of rotatable bonds is 6. The lowest BCUT2D eigenvalue weighted by Gasteiger charge is -2.34. The van der Waals surface area contributed by atoms with Gasteiger partial charge in [-0.1, -0.05) is 19.1 Å². The van der Waals surface area contributed by atoms with Crippen molar-refractivity contribution in [2.75, 3.05) is 51.3 Å². The van der Waals surface area contributed by atoms with Crippen LogP contribution in [-0.4, -0.2) is 74.0 Å². The molecule has 0 aromatic heterocycles. The summed E-state index contributed by atoms with van der Waals surface area (Å²) >= 11 is 0. The summed E-state index contributed by atoms with van der Waals surface area (Å²) in [5, 5.41) is 0. The van der Waals surface area contributed by atoms with Gasteiger partial charge in [-0.15, -0.1) is 0 Å². The Kier molecular flexibility index (Phi) is 7.15. The van der Waals surface area contributed by atoms with E-state index in [0.717, 1.165) is 19.6 Å². The van der Waals surface area contributed by atoms with E-state index >= 15 is 0 Å². The number of anilines is 1. The van der Waals surface area contributed by atoms with Gasteiger partial charge in [-0.05, 0) is 18.7 Å². The van der Waals surface area contributed by atoms with Crippen molar-refractivity contribution in [3.05, 3.63) is 29.8 Å². The van der Waals surface area contributed by atoms with Crippen molar-refractivity contribution in [1.82, 2.24) is 9.80 Å². The van der Waals surface area contributed by atoms with Gasteiger partial charge in [0.15, 0.2) is 0 Å². The Hall–Kier alpha value is -2.41. The summed E-state index contributed by atoms with van der Waals surface area (Å²) in [6.45, 7) is 7.95. The Balaban J connectivity index is 2.05. The van der Waals surface area contributed by atoms with E-state index in [1.54, 1.807) is 24.3 Å². The van der Waals surface area contributed by atoms with Gasteiger partial charge in [0.1, 0.15) is 0 Å². The van der Waals surface area contributed by atoms with Crippen molar-refractivity contribution in [1.29, 1.82) is 0 Å². The molecule has 7 nitrogen and oxygen atoms in total. The Morgan fingerprint density at radius 1 is 1.12 bits per heavy atom. The van der Waals surface area contributed by atoms with E-state index in [1.807, 2.05) is 4.90 Å². The summed E-state index contributed by atoms with van der Waals surface area (Å²) in [4.78, 5) is 42.2. The van der Waals surface area contributed by atoms with E-state index in [0.29, 0.717) is 24.3 Å². The Morgan fingerprint density at radius 2 is 1.77 bits per heavy atom. The predicted molar refractivity (Wildman–Crippen MR) is 99.1 cm³/mol. The van der Waals surface area contributed by atoms with Gasteiger partial charge < -0.3 is 19.4 Å². The molecule has 0 spiro atoms. The monoisotopic (exact) mass is 361 g/mol. The lowest BCUT2D eigenvalue weighted by Crippen LogP contribution is -2.49. The fourth-order valence-corrected chi connectivity index (χ4v) is 3.12. The summed E-state index contributed by atoms with van der Waals surface area (Å²) in [7, 11) is 1.30. The first kappa shape index (κ1) is 19.9. The molecule has 2 amide bonds. The highest BCUT2D eigenvalue weighted by Gasteiger charge is 2.23. The first-order valence-electron chi connectivity index (χ1n) is 8.93. The van der Waals surface area contributed by atoms with E-state index in [2.05, 4.69) is 11.8 Å². The van der Waals surface area contributed by atoms with Gasteiger partial charge in [0, 0.05) is 46.1 Å². The predicted octanol–water partition coefficient (Wildman–Crippen LogP) is 1.38. The molecule has 2 rings (SSSR count). The molecule has 26 heavy (non-hydrogen) atoms. The summed E-state index contributed by atoms with van der Waals surface area (Å²) in [6, 6.07) is 6.77. The minimum atomic E-state index is -0.506. The smallest absolute Gasteiger partial charge is 0.339 e. The van der Waals surface area contributed by atoms with Crippen LogP contribution in [-0.2, 0) is 14.3 Å². The van der Waals surface area contributed by atoms with Gasteiger partial charge in [0.05, 0.1) is 18.4 Å². The molecule has 0 unspecified atom stereocenters. The van der Waals surface area contributed by atoms with Gasteiger partial charge in [-0.2, -0.15) is 0 Å². The lowest BCUT2D eigenvalue weighted by atomic mass is 10.1. The molecule has 0 atom stereocenters. The number of piperazine rings is 1. The molecule has 1 aliphatic rings.